The summed E-state index contributed by atoms with van der Waals surface area (Å²) in [5.74, 6) is 0.605. The van der Waals surface area contributed by atoms with E-state index in [2.05, 4.69) is 97.9 Å². The van der Waals surface area contributed by atoms with E-state index in [0.29, 0.717) is 62.5 Å². The van der Waals surface area contributed by atoms with E-state index in [1.54, 1.807) is 13.8 Å². The molecule has 4 rings (SSSR count). The Labute approximate surface area is 363 Å². The van der Waals surface area contributed by atoms with Gasteiger partial charge in [0, 0.05) is 68.9 Å². The third-order valence-electron chi connectivity index (χ3n) is 11.1. The van der Waals surface area contributed by atoms with Crippen molar-refractivity contribution in [1.82, 2.24) is 56.3 Å². The molecule has 2 atom stereocenters. The second-order valence-electron chi connectivity index (χ2n) is 16.3. The lowest BCUT2D eigenvalue weighted by molar-refractivity contribution is -0.131. The number of hydrogen-bond acceptors (Lipinski definition) is 14. The van der Waals surface area contributed by atoms with Crippen LogP contribution in [0, 0.1) is 9.81 Å². The molecule has 5 N–H and O–H groups in total. The van der Waals surface area contributed by atoms with Crippen LogP contribution in [0.15, 0.2) is 58.9 Å². The highest BCUT2D eigenvalue weighted by Crippen LogP contribution is 2.30. The van der Waals surface area contributed by atoms with Gasteiger partial charge in [-0.05, 0) is 69.9 Å². The summed E-state index contributed by atoms with van der Waals surface area (Å²) < 4.78 is 7.53. The standard InChI is InChI=1S/C42H62ClN13O5/c1-8-9-14-36-48-39(43)35(56(36)26-31-15-17-32(18-16-31)33-12-10-11-13-34(33)40-49-53-54-50-40)25-45-38(58)28-61-27-37(57)44-19-22-55(23-20-46-41(4,5)29(2)51-59)24-21-47-42(6,7)30(3)52-60/h10-13,15-18,29-30,46-47H,8-9,14,19-28H2,1-7H3,(H,44,57)(H,45,58)(H,49,50,53,54). The van der Waals surface area contributed by atoms with E-state index in [1.807, 2.05) is 52.0 Å². The van der Waals surface area contributed by atoms with E-state index in [1.165, 1.54) is 0 Å². The van der Waals surface area contributed by atoms with Crippen molar-refractivity contribution >= 4 is 23.4 Å². The number of unbranched alkanes of at least 4 members (excludes halogenated alkanes) is 1. The molecule has 2 heterocycles. The van der Waals surface area contributed by atoms with Gasteiger partial charge in [-0.15, -0.1) is 10.2 Å². The van der Waals surface area contributed by atoms with E-state index in [-0.39, 0.29) is 25.7 Å². The lowest BCUT2D eigenvalue weighted by Gasteiger charge is -2.32. The fraction of sp³-hybridized carbons (Fsp3) is 0.571. The number of aromatic nitrogens is 6. The Morgan fingerprint density at radius 3 is 2.03 bits per heavy atom. The predicted octanol–water partition coefficient (Wildman–Crippen LogP) is 4.87. The number of aryl methyl sites for hydroxylation is 1. The van der Waals surface area contributed by atoms with Crippen molar-refractivity contribution in [3.05, 3.63) is 80.6 Å². The second-order valence-corrected chi connectivity index (χ2v) is 16.6. The molecule has 61 heavy (non-hydrogen) atoms. The van der Waals surface area contributed by atoms with Crippen LogP contribution < -0.4 is 21.3 Å². The molecule has 0 saturated heterocycles. The number of amides is 2. The molecule has 0 spiro atoms. The van der Waals surface area contributed by atoms with Crippen molar-refractivity contribution in [3.8, 4) is 22.5 Å². The zero-order valence-corrected chi connectivity index (χ0v) is 37.2. The zero-order valence-electron chi connectivity index (χ0n) is 36.5. The van der Waals surface area contributed by atoms with E-state index in [0.717, 1.165) is 47.3 Å². The van der Waals surface area contributed by atoms with Crippen LogP contribution in [0.25, 0.3) is 22.5 Å². The molecule has 2 unspecified atom stereocenters. The zero-order chi connectivity index (χ0) is 44.4. The highest BCUT2D eigenvalue weighted by molar-refractivity contribution is 6.30. The van der Waals surface area contributed by atoms with Crippen LogP contribution in [0.4, 0.5) is 0 Å². The molecule has 2 aromatic heterocycles. The summed E-state index contributed by atoms with van der Waals surface area (Å²) in [6, 6.07) is 15.3. The van der Waals surface area contributed by atoms with E-state index >= 15 is 0 Å². The number of H-pyrrole nitrogens is 1. The average Bonchev–Trinajstić information content (AvgIpc) is 3.89. The van der Waals surface area contributed by atoms with Gasteiger partial charge in [-0.2, -0.15) is 15.0 Å². The molecule has 0 aliphatic carbocycles. The average molecular weight is 864 g/mol. The number of tetrazole rings is 1. The van der Waals surface area contributed by atoms with Gasteiger partial charge in [-0.25, -0.2) is 4.98 Å². The van der Waals surface area contributed by atoms with Crippen molar-refractivity contribution < 1.29 is 14.3 Å². The van der Waals surface area contributed by atoms with Crippen molar-refractivity contribution in [2.45, 2.75) is 104 Å². The first-order valence-electron chi connectivity index (χ1n) is 20.8. The molecule has 0 aliphatic heterocycles. The smallest absolute Gasteiger partial charge is 0.246 e. The monoisotopic (exact) mass is 863 g/mol. The molecule has 18 nitrogen and oxygen atoms in total. The molecule has 4 aromatic rings. The third kappa shape index (κ3) is 14.8. The van der Waals surface area contributed by atoms with Gasteiger partial charge in [0.1, 0.15) is 31.1 Å². The highest BCUT2D eigenvalue weighted by Gasteiger charge is 2.27. The molecule has 0 radical (unpaired) electrons. The Morgan fingerprint density at radius 2 is 1.46 bits per heavy atom. The number of nitrogens with zero attached hydrogens (tertiary/aromatic N) is 8. The number of rotatable bonds is 28. The first-order chi connectivity index (χ1) is 29.2. The molecular formula is C42H62ClN13O5. The maximum absolute atomic E-state index is 12.9. The third-order valence-corrected chi connectivity index (χ3v) is 11.4. The van der Waals surface area contributed by atoms with Crippen molar-refractivity contribution in [3.63, 3.8) is 0 Å². The van der Waals surface area contributed by atoms with Gasteiger partial charge in [-0.3, -0.25) is 14.5 Å². The lowest BCUT2D eigenvalue weighted by atomic mass is 9.97. The number of ether oxygens (including phenoxy) is 1. The van der Waals surface area contributed by atoms with Crippen LogP contribution in [0.1, 0.15) is 78.4 Å². The molecular weight excluding hydrogens is 802 g/mol. The fourth-order valence-corrected chi connectivity index (χ4v) is 6.67. The predicted molar refractivity (Wildman–Crippen MR) is 237 cm³/mol. The Kier molecular flexibility index (Phi) is 19.0. The SMILES string of the molecule is CCCCc1nc(Cl)c(CNC(=O)COCC(=O)NCCN(CCNC(C)(C)C(C)N=O)CCNC(C)(C)C(C)N=O)n1Cc1ccc(-c2ccccc2-c2nn[nH]n2)cc1. The first-order valence-corrected chi connectivity index (χ1v) is 21.2. The lowest BCUT2D eigenvalue weighted by Crippen LogP contribution is -2.52. The molecule has 19 heteroatoms. The van der Waals surface area contributed by atoms with E-state index < -0.39 is 29.1 Å². The van der Waals surface area contributed by atoms with Crippen LogP contribution >= 0.6 is 11.6 Å². The van der Waals surface area contributed by atoms with Gasteiger partial charge < -0.3 is 30.6 Å². The highest BCUT2D eigenvalue weighted by atomic mass is 35.5. The van der Waals surface area contributed by atoms with Crippen LogP contribution in [-0.2, 0) is 33.8 Å². The minimum Gasteiger partial charge on any atom is -0.362 e. The van der Waals surface area contributed by atoms with Gasteiger partial charge in [0.15, 0.2) is 5.15 Å². The minimum atomic E-state index is -0.484. The molecule has 2 amide bonds. The molecule has 0 aliphatic rings. The van der Waals surface area contributed by atoms with Crippen LogP contribution in [0.2, 0.25) is 5.15 Å². The number of carbonyl (C=O) groups excluding carboxylic acids is 2. The number of carbonyl (C=O) groups is 2. The Hall–Kier alpha value is -5.01. The van der Waals surface area contributed by atoms with Crippen molar-refractivity contribution in [1.29, 1.82) is 0 Å². The largest absolute Gasteiger partial charge is 0.362 e. The van der Waals surface area contributed by atoms with Gasteiger partial charge in [0.25, 0.3) is 0 Å². The first kappa shape index (κ1) is 48.7. The van der Waals surface area contributed by atoms with Gasteiger partial charge >= 0.3 is 0 Å². The number of hydrogen-bond donors (Lipinski definition) is 5. The fourth-order valence-electron chi connectivity index (χ4n) is 6.41. The molecule has 0 saturated carbocycles. The number of benzene rings is 2. The van der Waals surface area contributed by atoms with Gasteiger partial charge in [0.2, 0.25) is 17.6 Å². The van der Waals surface area contributed by atoms with E-state index in [9.17, 15) is 19.4 Å². The number of nitrogens with one attached hydrogen (secondary N) is 5. The Balaban J connectivity index is 1.28. The van der Waals surface area contributed by atoms with Crippen LogP contribution in [-0.4, -0.2) is 123 Å². The maximum atomic E-state index is 12.9. The molecule has 0 fully saturated rings. The summed E-state index contributed by atoms with van der Waals surface area (Å²) >= 11 is 6.67. The normalized spacial score (nSPS) is 12.9. The summed E-state index contributed by atoms with van der Waals surface area (Å²) in [6.45, 7) is 16.7. The second kappa shape index (κ2) is 23.8. The number of imidazole rings is 1. The van der Waals surface area contributed by atoms with Crippen LogP contribution in [0.3, 0.4) is 0 Å². The van der Waals surface area contributed by atoms with Gasteiger partial charge in [0.05, 0.1) is 12.2 Å². The quantitative estimate of drug-likeness (QED) is 0.0482. The Bertz CT molecular complexity index is 1960. The Morgan fingerprint density at radius 1 is 0.869 bits per heavy atom. The minimum absolute atomic E-state index is 0.131. The molecule has 2 aromatic carbocycles. The van der Waals surface area contributed by atoms with E-state index in [4.69, 9.17) is 16.3 Å². The van der Waals surface area contributed by atoms with Crippen molar-refractivity contribution in [2.75, 3.05) is 52.5 Å². The summed E-state index contributed by atoms with van der Waals surface area (Å²) in [6.07, 6.45) is 2.66. The maximum Gasteiger partial charge on any atom is 0.246 e. The summed E-state index contributed by atoms with van der Waals surface area (Å²) in [7, 11) is 0. The molecule has 332 valence electrons. The molecule has 0 bridgehead atoms. The van der Waals surface area contributed by atoms with Crippen LogP contribution in [0.5, 0.6) is 0 Å². The van der Waals surface area contributed by atoms with Gasteiger partial charge in [-0.1, -0.05) is 83.8 Å². The number of aromatic amines is 1. The summed E-state index contributed by atoms with van der Waals surface area (Å²) in [5.41, 5.74) is 3.59. The summed E-state index contributed by atoms with van der Waals surface area (Å²) in [5, 5.41) is 33.7. The topological polar surface area (TPSA) is 226 Å². The number of halogens is 1. The number of nitroso groups, excluding NO2 is 2. The van der Waals surface area contributed by atoms with Crippen molar-refractivity contribution in [2.24, 2.45) is 10.4 Å². The summed E-state index contributed by atoms with van der Waals surface area (Å²) in [4.78, 5) is 54.7.